The molecule has 4 heteroatoms. The van der Waals surface area contributed by atoms with E-state index in [1.165, 1.54) is 20.8 Å². The molecule has 3 aromatic rings. The van der Waals surface area contributed by atoms with Crippen LogP contribution in [-0.2, 0) is 19.4 Å². The molecule has 0 amide bonds. The molecule has 0 aliphatic carbocycles. The van der Waals surface area contributed by atoms with Crippen molar-refractivity contribution in [3.63, 3.8) is 0 Å². The maximum atomic E-state index is 5.95. The summed E-state index contributed by atoms with van der Waals surface area (Å²) in [7, 11) is 0. The number of hydrogen-bond acceptors (Lipinski definition) is 2. The van der Waals surface area contributed by atoms with Gasteiger partial charge in [-0.25, -0.2) is 4.98 Å². The van der Waals surface area contributed by atoms with Gasteiger partial charge in [0.15, 0.2) is 0 Å². The number of rotatable bonds is 5. The van der Waals surface area contributed by atoms with Crippen molar-refractivity contribution in [2.75, 3.05) is 5.88 Å². The first kappa shape index (κ1) is 14.6. The number of benzene rings is 1. The Hall–Kier alpha value is -1.32. The average molecular weight is 319 g/mol. The number of fused-ring (bicyclic) bond motifs is 1. The second-order valence-electron chi connectivity index (χ2n) is 5.22. The fraction of sp³-hybridized carbons (Fsp3) is 0.353. The van der Waals surface area contributed by atoms with Crippen LogP contribution in [0.25, 0.3) is 11.0 Å². The highest BCUT2D eigenvalue weighted by molar-refractivity contribution is 7.11. The normalized spacial score (nSPS) is 11.4. The molecule has 0 spiro atoms. The zero-order chi connectivity index (χ0) is 14.8. The van der Waals surface area contributed by atoms with Crippen LogP contribution in [0.15, 0.2) is 30.3 Å². The Bertz CT molecular complexity index is 757. The topological polar surface area (TPSA) is 17.8 Å². The van der Waals surface area contributed by atoms with Gasteiger partial charge < -0.3 is 4.57 Å². The summed E-state index contributed by atoms with van der Waals surface area (Å²) in [6.07, 6.45) is 1.91. The molecule has 0 aliphatic heterocycles. The molecule has 21 heavy (non-hydrogen) atoms. The highest BCUT2D eigenvalue weighted by Crippen LogP contribution is 2.24. The van der Waals surface area contributed by atoms with Crippen molar-refractivity contribution >= 4 is 34.0 Å². The van der Waals surface area contributed by atoms with Crippen molar-refractivity contribution in [3.8, 4) is 0 Å². The predicted octanol–water partition coefficient (Wildman–Crippen LogP) is 4.80. The molecule has 3 rings (SSSR count). The molecule has 0 saturated heterocycles. The number of aryl methyl sites for hydroxylation is 3. The summed E-state index contributed by atoms with van der Waals surface area (Å²) in [5.41, 5.74) is 3.54. The van der Waals surface area contributed by atoms with Crippen molar-refractivity contribution in [1.29, 1.82) is 0 Å². The van der Waals surface area contributed by atoms with E-state index in [9.17, 15) is 0 Å². The minimum absolute atomic E-state index is 0.604. The van der Waals surface area contributed by atoms with Gasteiger partial charge in [0.1, 0.15) is 5.82 Å². The predicted molar refractivity (Wildman–Crippen MR) is 91.7 cm³/mol. The smallest absolute Gasteiger partial charge is 0.111 e. The number of aromatic nitrogens is 2. The van der Waals surface area contributed by atoms with E-state index in [0.717, 1.165) is 30.7 Å². The zero-order valence-corrected chi connectivity index (χ0v) is 14.0. The summed E-state index contributed by atoms with van der Waals surface area (Å²) in [4.78, 5) is 7.62. The minimum atomic E-state index is 0.604. The van der Waals surface area contributed by atoms with E-state index in [4.69, 9.17) is 16.6 Å². The highest BCUT2D eigenvalue weighted by atomic mass is 35.5. The first-order valence-corrected chi connectivity index (χ1v) is 8.66. The minimum Gasteiger partial charge on any atom is -0.323 e. The Morgan fingerprint density at radius 1 is 1.19 bits per heavy atom. The molecule has 0 saturated carbocycles. The number of halogens is 1. The van der Waals surface area contributed by atoms with Crippen LogP contribution in [0.4, 0.5) is 0 Å². The Labute approximate surface area is 134 Å². The Kier molecular flexibility index (Phi) is 4.32. The molecular formula is C17H19ClN2S. The molecule has 0 N–H and O–H groups in total. The van der Waals surface area contributed by atoms with Crippen LogP contribution >= 0.6 is 22.9 Å². The molecule has 0 atom stereocenters. The number of alkyl halides is 1. The third-order valence-corrected chi connectivity index (χ3v) is 5.16. The number of thiophene rings is 1. The Morgan fingerprint density at radius 2 is 2.00 bits per heavy atom. The number of hydrogen-bond donors (Lipinski definition) is 0. The third kappa shape index (κ3) is 2.85. The van der Waals surface area contributed by atoms with Crippen LogP contribution in [0.3, 0.4) is 0 Å². The lowest BCUT2D eigenvalue weighted by atomic mass is 10.2. The van der Waals surface area contributed by atoms with Crippen molar-refractivity contribution in [3.05, 3.63) is 51.5 Å². The van der Waals surface area contributed by atoms with Gasteiger partial charge in [-0.15, -0.1) is 22.9 Å². The van der Waals surface area contributed by atoms with Crippen LogP contribution in [0.5, 0.6) is 0 Å². The van der Waals surface area contributed by atoms with Crippen LogP contribution < -0.4 is 0 Å². The van der Waals surface area contributed by atoms with Crippen molar-refractivity contribution in [1.82, 2.24) is 9.55 Å². The quantitative estimate of drug-likeness (QED) is 0.618. The summed E-state index contributed by atoms with van der Waals surface area (Å²) < 4.78 is 2.32. The van der Waals surface area contributed by atoms with Crippen molar-refractivity contribution in [2.45, 2.75) is 33.2 Å². The maximum absolute atomic E-state index is 5.95. The maximum Gasteiger partial charge on any atom is 0.111 e. The summed E-state index contributed by atoms with van der Waals surface area (Å²) in [5, 5.41) is 0. The van der Waals surface area contributed by atoms with Crippen LogP contribution in [0.1, 0.15) is 28.1 Å². The molecule has 0 fully saturated rings. The fourth-order valence-corrected chi connectivity index (χ4v) is 3.76. The monoisotopic (exact) mass is 318 g/mol. The molecule has 0 bridgehead atoms. The molecular weight excluding hydrogens is 300 g/mol. The van der Waals surface area contributed by atoms with E-state index >= 15 is 0 Å². The van der Waals surface area contributed by atoms with Crippen LogP contribution in [0.2, 0.25) is 0 Å². The SMILES string of the molecule is CCc1ccc(Cn2c(CCCl)nc3c(C)cccc32)s1. The van der Waals surface area contributed by atoms with Gasteiger partial charge in [0.2, 0.25) is 0 Å². The van der Waals surface area contributed by atoms with Gasteiger partial charge in [0, 0.05) is 22.1 Å². The molecule has 0 radical (unpaired) electrons. The van der Waals surface area contributed by atoms with Crippen LogP contribution in [-0.4, -0.2) is 15.4 Å². The Morgan fingerprint density at radius 3 is 2.71 bits per heavy atom. The molecule has 110 valence electrons. The number of nitrogens with zero attached hydrogens (tertiary/aromatic N) is 2. The summed E-state index contributed by atoms with van der Waals surface area (Å²) in [5.74, 6) is 1.69. The second kappa shape index (κ2) is 6.20. The number of imidazole rings is 1. The molecule has 1 aromatic carbocycles. The molecule has 0 aliphatic rings. The van der Waals surface area contributed by atoms with Gasteiger partial charge >= 0.3 is 0 Å². The number of para-hydroxylation sites is 1. The lowest BCUT2D eigenvalue weighted by molar-refractivity contribution is 0.763. The zero-order valence-electron chi connectivity index (χ0n) is 12.4. The molecule has 0 unspecified atom stereocenters. The van der Waals surface area contributed by atoms with Gasteiger partial charge in [-0.3, -0.25) is 0 Å². The van der Waals surface area contributed by atoms with Crippen molar-refractivity contribution in [2.24, 2.45) is 0 Å². The highest BCUT2D eigenvalue weighted by Gasteiger charge is 2.12. The summed E-state index contributed by atoms with van der Waals surface area (Å²) in [6, 6.07) is 10.8. The Balaban J connectivity index is 2.06. The van der Waals surface area contributed by atoms with E-state index in [2.05, 4.69) is 48.7 Å². The van der Waals surface area contributed by atoms with E-state index < -0.39 is 0 Å². The van der Waals surface area contributed by atoms with E-state index in [1.807, 2.05) is 11.3 Å². The summed E-state index contributed by atoms with van der Waals surface area (Å²) in [6.45, 7) is 5.20. The molecule has 2 nitrogen and oxygen atoms in total. The largest absolute Gasteiger partial charge is 0.323 e. The van der Waals surface area contributed by atoms with Gasteiger partial charge in [-0.05, 0) is 37.1 Å². The summed E-state index contributed by atoms with van der Waals surface area (Å²) >= 11 is 7.84. The first-order valence-electron chi connectivity index (χ1n) is 7.31. The fourth-order valence-electron chi connectivity index (χ4n) is 2.64. The standard InChI is InChI=1S/C17H19ClN2S/c1-3-13-7-8-14(21-13)11-20-15-6-4-5-12(2)17(15)19-16(20)9-10-18/h4-8H,3,9-11H2,1-2H3. The molecule has 2 aromatic heterocycles. The van der Waals surface area contributed by atoms with E-state index in [1.54, 1.807) is 0 Å². The van der Waals surface area contributed by atoms with E-state index in [0.29, 0.717) is 5.88 Å². The van der Waals surface area contributed by atoms with Crippen LogP contribution in [0, 0.1) is 6.92 Å². The van der Waals surface area contributed by atoms with Gasteiger partial charge in [-0.1, -0.05) is 19.1 Å². The van der Waals surface area contributed by atoms with E-state index in [-0.39, 0.29) is 0 Å². The van der Waals surface area contributed by atoms with Gasteiger partial charge in [0.05, 0.1) is 17.6 Å². The lowest BCUT2D eigenvalue weighted by Gasteiger charge is -2.07. The van der Waals surface area contributed by atoms with Gasteiger partial charge in [-0.2, -0.15) is 0 Å². The lowest BCUT2D eigenvalue weighted by Crippen LogP contribution is -2.04. The van der Waals surface area contributed by atoms with Gasteiger partial charge in [0.25, 0.3) is 0 Å². The molecule has 2 heterocycles. The second-order valence-corrected chi connectivity index (χ2v) is 6.85. The third-order valence-electron chi connectivity index (χ3n) is 3.76. The first-order chi connectivity index (χ1) is 10.2. The van der Waals surface area contributed by atoms with Crippen molar-refractivity contribution < 1.29 is 0 Å². The average Bonchev–Trinajstić information content (AvgIpc) is 3.07.